The van der Waals surface area contributed by atoms with Gasteiger partial charge in [-0.2, -0.15) is 0 Å². The van der Waals surface area contributed by atoms with Crippen LogP contribution < -0.4 is 5.32 Å². The maximum Gasteiger partial charge on any atom is 0.277 e. The molecule has 0 aliphatic carbocycles. The maximum absolute atomic E-state index is 11.8. The largest absolute Gasteiger partial charge is 0.318 e. The molecule has 0 spiro atoms. The van der Waals surface area contributed by atoms with Gasteiger partial charge in [-0.1, -0.05) is 27.7 Å². The molecule has 0 aliphatic heterocycles. The van der Waals surface area contributed by atoms with Crippen molar-refractivity contribution in [1.29, 1.82) is 0 Å². The highest BCUT2D eigenvalue weighted by Crippen LogP contribution is 2.34. The minimum absolute atomic E-state index is 0.0618. The summed E-state index contributed by atoms with van der Waals surface area (Å²) in [7, 11) is 1.23. The molecule has 1 N–H and O–H groups in total. The number of nitrogens with zero attached hydrogens (tertiary/aromatic N) is 2. The third kappa shape index (κ3) is 3.39. The Labute approximate surface area is 132 Å². The summed E-state index contributed by atoms with van der Waals surface area (Å²) in [5, 5.41) is 7.32. The zero-order chi connectivity index (χ0) is 14.9. The van der Waals surface area contributed by atoms with Crippen molar-refractivity contribution in [3.05, 3.63) is 33.3 Å². The number of carbonyl (C=O) groups is 1. The van der Waals surface area contributed by atoms with Gasteiger partial charge in [0.15, 0.2) is 5.69 Å². The standard InChI is InChI=1S/C9H4Cl3N3O3S2/c10-5-1-4(20(12,17)18)2-6(11)8(5)13-9(16)7-3-19-15-14-7/h1-3H,(H,13,16). The predicted octanol–water partition coefficient (Wildman–Crippen LogP) is 3.02. The second kappa shape index (κ2) is 5.82. The lowest BCUT2D eigenvalue weighted by Gasteiger charge is -2.09. The molecule has 1 amide bonds. The monoisotopic (exact) mass is 371 g/mol. The zero-order valence-corrected chi connectivity index (χ0v) is 13.2. The maximum atomic E-state index is 11.8. The van der Waals surface area contributed by atoms with Gasteiger partial charge < -0.3 is 5.32 Å². The minimum atomic E-state index is -3.97. The molecule has 106 valence electrons. The lowest BCUT2D eigenvalue weighted by Crippen LogP contribution is -2.13. The lowest BCUT2D eigenvalue weighted by atomic mass is 10.3. The van der Waals surface area contributed by atoms with Crippen LogP contribution >= 0.6 is 45.4 Å². The summed E-state index contributed by atoms with van der Waals surface area (Å²) in [5.74, 6) is -0.566. The summed E-state index contributed by atoms with van der Waals surface area (Å²) in [4.78, 5) is 11.5. The molecule has 20 heavy (non-hydrogen) atoms. The minimum Gasteiger partial charge on any atom is -0.318 e. The molecule has 2 rings (SSSR count). The van der Waals surface area contributed by atoms with Crippen molar-refractivity contribution >= 4 is 66.1 Å². The third-order valence-electron chi connectivity index (χ3n) is 2.13. The van der Waals surface area contributed by atoms with E-state index in [-0.39, 0.29) is 26.3 Å². The smallest absolute Gasteiger partial charge is 0.277 e. The summed E-state index contributed by atoms with van der Waals surface area (Å²) in [6, 6.07) is 2.18. The predicted molar refractivity (Wildman–Crippen MR) is 77.4 cm³/mol. The first-order valence-corrected chi connectivity index (χ1v) is 8.71. The van der Waals surface area contributed by atoms with E-state index in [9.17, 15) is 13.2 Å². The Hall–Kier alpha value is -0.930. The first-order valence-electron chi connectivity index (χ1n) is 4.81. The number of hydrogen-bond acceptors (Lipinski definition) is 6. The van der Waals surface area contributed by atoms with Crippen LogP contribution in [-0.2, 0) is 9.05 Å². The van der Waals surface area contributed by atoms with E-state index in [1.54, 1.807) is 0 Å². The van der Waals surface area contributed by atoms with Gasteiger partial charge in [-0.25, -0.2) is 8.42 Å². The van der Waals surface area contributed by atoms with Crippen molar-refractivity contribution in [2.75, 3.05) is 5.32 Å². The van der Waals surface area contributed by atoms with Gasteiger partial charge in [-0.05, 0) is 23.7 Å². The Morgan fingerprint density at radius 3 is 2.30 bits per heavy atom. The fraction of sp³-hybridized carbons (Fsp3) is 0. The number of anilines is 1. The van der Waals surface area contributed by atoms with Gasteiger partial charge in [0.1, 0.15) is 0 Å². The van der Waals surface area contributed by atoms with Gasteiger partial charge in [0.25, 0.3) is 15.0 Å². The molecule has 2 aromatic rings. The van der Waals surface area contributed by atoms with Crippen LogP contribution in [0, 0.1) is 0 Å². The van der Waals surface area contributed by atoms with Crippen molar-refractivity contribution in [3.63, 3.8) is 0 Å². The topological polar surface area (TPSA) is 89.0 Å². The van der Waals surface area contributed by atoms with Crippen molar-refractivity contribution in [1.82, 2.24) is 9.59 Å². The van der Waals surface area contributed by atoms with E-state index in [0.29, 0.717) is 0 Å². The molecule has 1 aromatic heterocycles. The van der Waals surface area contributed by atoms with Gasteiger partial charge in [0, 0.05) is 16.1 Å². The molecule has 0 saturated carbocycles. The molecule has 6 nitrogen and oxygen atoms in total. The average Bonchev–Trinajstić information content (AvgIpc) is 2.85. The normalized spacial score (nSPS) is 11.3. The summed E-state index contributed by atoms with van der Waals surface area (Å²) in [5.41, 5.74) is 0.159. The van der Waals surface area contributed by atoms with E-state index in [1.807, 2.05) is 0 Å². The second-order valence-electron chi connectivity index (χ2n) is 3.44. The number of aromatic nitrogens is 2. The van der Waals surface area contributed by atoms with E-state index in [2.05, 4.69) is 14.9 Å². The first kappa shape index (κ1) is 15.5. The molecule has 0 saturated heterocycles. The van der Waals surface area contributed by atoms with E-state index < -0.39 is 15.0 Å². The number of benzene rings is 1. The molecule has 0 aliphatic rings. The van der Waals surface area contributed by atoms with Crippen LogP contribution in [0.1, 0.15) is 10.5 Å². The summed E-state index contributed by atoms with van der Waals surface area (Å²) < 4.78 is 25.9. The van der Waals surface area contributed by atoms with Gasteiger partial charge in [0.05, 0.1) is 20.6 Å². The number of amides is 1. The Kier molecular flexibility index (Phi) is 4.50. The molecule has 1 heterocycles. The Morgan fingerprint density at radius 1 is 1.25 bits per heavy atom. The van der Waals surface area contributed by atoms with Gasteiger partial charge in [-0.15, -0.1) is 5.10 Å². The molecule has 0 fully saturated rings. The SMILES string of the molecule is O=C(Nc1c(Cl)cc(S(=O)(=O)Cl)cc1Cl)c1csnn1. The van der Waals surface area contributed by atoms with Crippen LogP contribution in [0.25, 0.3) is 0 Å². The summed E-state index contributed by atoms with van der Waals surface area (Å²) in [6.45, 7) is 0. The van der Waals surface area contributed by atoms with Crippen molar-refractivity contribution in [2.24, 2.45) is 0 Å². The van der Waals surface area contributed by atoms with Crippen LogP contribution in [0.2, 0.25) is 10.0 Å². The number of hydrogen-bond donors (Lipinski definition) is 1. The van der Waals surface area contributed by atoms with Gasteiger partial charge >= 0.3 is 0 Å². The quantitative estimate of drug-likeness (QED) is 0.837. The van der Waals surface area contributed by atoms with Crippen molar-refractivity contribution < 1.29 is 13.2 Å². The summed E-state index contributed by atoms with van der Waals surface area (Å²) in [6.07, 6.45) is 0. The van der Waals surface area contributed by atoms with E-state index in [4.69, 9.17) is 33.9 Å². The Morgan fingerprint density at radius 2 is 1.85 bits per heavy atom. The van der Waals surface area contributed by atoms with Gasteiger partial charge in [0.2, 0.25) is 0 Å². The number of nitrogens with one attached hydrogen (secondary N) is 1. The Bertz CT molecular complexity index is 739. The number of carbonyl (C=O) groups excluding carboxylic acids is 1. The third-order valence-corrected chi connectivity index (χ3v) is 4.56. The number of rotatable bonds is 3. The fourth-order valence-electron chi connectivity index (χ4n) is 1.25. The molecular formula is C9H4Cl3N3O3S2. The molecule has 0 unspecified atom stereocenters. The molecule has 0 atom stereocenters. The van der Waals surface area contributed by atoms with E-state index in [1.165, 1.54) is 5.38 Å². The zero-order valence-electron chi connectivity index (χ0n) is 9.30. The highest BCUT2D eigenvalue weighted by Gasteiger charge is 2.18. The molecule has 0 radical (unpaired) electrons. The highest BCUT2D eigenvalue weighted by atomic mass is 35.7. The molecule has 11 heteroatoms. The lowest BCUT2D eigenvalue weighted by molar-refractivity contribution is 0.102. The molecular weight excluding hydrogens is 369 g/mol. The van der Waals surface area contributed by atoms with Gasteiger partial charge in [-0.3, -0.25) is 4.79 Å². The van der Waals surface area contributed by atoms with Crippen molar-refractivity contribution in [2.45, 2.75) is 4.90 Å². The van der Waals surface area contributed by atoms with Crippen molar-refractivity contribution in [3.8, 4) is 0 Å². The van der Waals surface area contributed by atoms with Crippen LogP contribution in [-0.4, -0.2) is 23.9 Å². The Balaban J connectivity index is 2.37. The second-order valence-corrected chi connectivity index (χ2v) is 7.43. The summed E-state index contributed by atoms with van der Waals surface area (Å²) >= 11 is 12.8. The van der Waals surface area contributed by atoms with Crippen LogP contribution in [0.5, 0.6) is 0 Å². The van der Waals surface area contributed by atoms with Crippen LogP contribution in [0.3, 0.4) is 0 Å². The van der Waals surface area contributed by atoms with Crippen LogP contribution in [0.4, 0.5) is 5.69 Å². The van der Waals surface area contributed by atoms with Crippen LogP contribution in [0.15, 0.2) is 22.4 Å². The average molecular weight is 373 g/mol. The first-order chi connectivity index (χ1) is 9.29. The number of halogens is 3. The fourth-order valence-corrected chi connectivity index (χ4v) is 3.18. The molecule has 0 bridgehead atoms. The molecule has 1 aromatic carbocycles. The highest BCUT2D eigenvalue weighted by molar-refractivity contribution is 8.13. The van der Waals surface area contributed by atoms with E-state index >= 15 is 0 Å². The van der Waals surface area contributed by atoms with E-state index in [0.717, 1.165) is 23.7 Å².